The van der Waals surface area contributed by atoms with Gasteiger partial charge in [0.05, 0.1) is 18.8 Å². The fraction of sp³-hybridized carbons (Fsp3) is 0.714. The molecule has 0 spiro atoms. The second-order valence-corrected chi connectivity index (χ2v) is 7.46. The predicted octanol–water partition coefficient (Wildman–Crippen LogP) is 3.35. The van der Waals surface area contributed by atoms with Crippen molar-refractivity contribution in [1.82, 2.24) is 0 Å². The zero-order valence-corrected chi connectivity index (χ0v) is 16.2. The summed E-state index contributed by atoms with van der Waals surface area (Å²) in [5.41, 5.74) is -0.257. The zero-order valence-electron chi connectivity index (χ0n) is 16.2. The van der Waals surface area contributed by atoms with Crippen molar-refractivity contribution in [2.45, 2.75) is 57.0 Å². The van der Waals surface area contributed by atoms with E-state index in [1.54, 1.807) is 6.08 Å². The van der Waals surface area contributed by atoms with Crippen molar-refractivity contribution in [3.05, 3.63) is 24.8 Å². The van der Waals surface area contributed by atoms with E-state index < -0.39 is 24.1 Å². The van der Waals surface area contributed by atoms with Gasteiger partial charge < -0.3 is 18.9 Å². The summed E-state index contributed by atoms with van der Waals surface area (Å²) in [5, 5.41) is 0. The Kier molecular flexibility index (Phi) is 9.01. The molecule has 6 nitrogen and oxygen atoms in total. The molecule has 0 aromatic rings. The Labute approximate surface area is 161 Å². The number of hydrogen-bond acceptors (Lipinski definition) is 6. The Morgan fingerprint density at radius 2 is 1.81 bits per heavy atom. The number of carbonyl (C=O) groups is 2. The van der Waals surface area contributed by atoms with E-state index >= 15 is 0 Å². The average molecular weight is 380 g/mol. The Morgan fingerprint density at radius 1 is 1.11 bits per heavy atom. The largest absolute Gasteiger partial charge is 0.457 e. The lowest BCUT2D eigenvalue weighted by atomic mass is 9.76. The topological polar surface area (TPSA) is 71.1 Å². The fourth-order valence-corrected chi connectivity index (χ4v) is 3.84. The van der Waals surface area contributed by atoms with E-state index in [1.165, 1.54) is 6.42 Å². The van der Waals surface area contributed by atoms with Gasteiger partial charge in [0, 0.05) is 13.2 Å². The van der Waals surface area contributed by atoms with Gasteiger partial charge in [-0.1, -0.05) is 19.1 Å². The van der Waals surface area contributed by atoms with Crippen LogP contribution in [0.1, 0.15) is 51.4 Å². The first-order valence-corrected chi connectivity index (χ1v) is 9.88. The molecule has 1 aliphatic heterocycles. The normalized spacial score (nSPS) is 19.9. The minimum absolute atomic E-state index is 0.0492. The maximum Gasteiger partial charge on any atom is 0.344 e. The zero-order chi connectivity index (χ0) is 19.5. The summed E-state index contributed by atoms with van der Waals surface area (Å²) >= 11 is 0. The molecular formula is C21H32O6. The Morgan fingerprint density at radius 3 is 2.48 bits per heavy atom. The summed E-state index contributed by atoms with van der Waals surface area (Å²) in [7, 11) is 0. The van der Waals surface area contributed by atoms with Gasteiger partial charge >= 0.3 is 11.9 Å². The Balaban J connectivity index is 1.81. The van der Waals surface area contributed by atoms with Crippen LogP contribution in [0.2, 0.25) is 0 Å². The first-order chi connectivity index (χ1) is 13.0. The Bertz CT molecular complexity index is 515. The van der Waals surface area contributed by atoms with Crippen molar-refractivity contribution < 1.29 is 28.5 Å². The number of carbonyl (C=O) groups excluding carboxylic acids is 2. The molecule has 2 aliphatic rings. The van der Waals surface area contributed by atoms with Crippen LogP contribution in [0.15, 0.2) is 24.8 Å². The highest BCUT2D eigenvalue weighted by molar-refractivity contribution is 5.89. The second-order valence-electron chi connectivity index (χ2n) is 7.46. The van der Waals surface area contributed by atoms with E-state index in [0.29, 0.717) is 12.5 Å². The molecule has 1 heterocycles. The third kappa shape index (κ3) is 7.46. The lowest BCUT2D eigenvalue weighted by Crippen LogP contribution is -2.41. The third-order valence-corrected chi connectivity index (χ3v) is 5.22. The van der Waals surface area contributed by atoms with Gasteiger partial charge in [0.25, 0.3) is 0 Å². The van der Waals surface area contributed by atoms with E-state index in [2.05, 4.69) is 13.2 Å². The van der Waals surface area contributed by atoms with Gasteiger partial charge in [-0.15, -0.1) is 6.58 Å². The van der Waals surface area contributed by atoms with E-state index in [1.807, 2.05) is 0 Å². The lowest BCUT2D eigenvalue weighted by molar-refractivity contribution is -0.174. The third-order valence-electron chi connectivity index (χ3n) is 5.22. The molecule has 2 rings (SSSR count). The quantitative estimate of drug-likeness (QED) is 0.250. The lowest BCUT2D eigenvalue weighted by Gasteiger charge is -2.40. The van der Waals surface area contributed by atoms with E-state index in [9.17, 15) is 9.59 Å². The molecule has 0 amide bonds. The van der Waals surface area contributed by atoms with Crippen LogP contribution in [-0.2, 0) is 28.5 Å². The highest BCUT2D eigenvalue weighted by Gasteiger charge is 2.38. The van der Waals surface area contributed by atoms with Gasteiger partial charge in [0.15, 0.2) is 6.61 Å². The molecule has 0 radical (unpaired) electrons. The molecule has 0 aromatic heterocycles. The standard InChI is InChI=1S/C21H32O6/c1-3-11-25-15-17(2)20(23)26-16-19(22)27-21(9-5-4-6-10-21)14-18-7-12-24-13-8-18/h3,18H,1-2,4-16H2. The number of hydrogen-bond donors (Lipinski definition) is 0. The molecule has 1 saturated carbocycles. The first-order valence-electron chi connectivity index (χ1n) is 9.88. The number of rotatable bonds is 10. The Hall–Kier alpha value is -1.66. The summed E-state index contributed by atoms with van der Waals surface area (Å²) in [6.45, 7) is 8.68. The van der Waals surface area contributed by atoms with Crippen LogP contribution in [0, 0.1) is 5.92 Å². The second kappa shape index (κ2) is 11.2. The van der Waals surface area contributed by atoms with Gasteiger partial charge in [0.1, 0.15) is 5.60 Å². The maximum atomic E-state index is 12.3. The van der Waals surface area contributed by atoms with Gasteiger partial charge in [-0.05, 0) is 50.9 Å². The van der Waals surface area contributed by atoms with E-state index in [-0.39, 0.29) is 12.2 Å². The van der Waals surface area contributed by atoms with Crippen LogP contribution in [0.3, 0.4) is 0 Å². The first kappa shape index (κ1) is 21.6. The fourth-order valence-electron chi connectivity index (χ4n) is 3.84. The smallest absolute Gasteiger partial charge is 0.344 e. The van der Waals surface area contributed by atoms with E-state index in [4.69, 9.17) is 18.9 Å². The van der Waals surface area contributed by atoms with Crippen molar-refractivity contribution in [2.75, 3.05) is 33.0 Å². The number of esters is 2. The highest BCUT2D eigenvalue weighted by Crippen LogP contribution is 2.39. The minimum atomic E-state index is -0.641. The molecule has 0 unspecified atom stereocenters. The molecule has 1 aliphatic carbocycles. The van der Waals surface area contributed by atoms with Gasteiger partial charge in [-0.3, -0.25) is 0 Å². The summed E-state index contributed by atoms with van der Waals surface area (Å²) in [6.07, 6.45) is 9.54. The molecule has 1 saturated heterocycles. The van der Waals surface area contributed by atoms with Crippen LogP contribution in [0.4, 0.5) is 0 Å². The molecule has 2 fully saturated rings. The van der Waals surface area contributed by atoms with E-state index in [0.717, 1.165) is 58.2 Å². The molecule has 0 bridgehead atoms. The van der Waals surface area contributed by atoms with Crippen molar-refractivity contribution in [2.24, 2.45) is 5.92 Å². The van der Waals surface area contributed by atoms with Crippen LogP contribution in [0.25, 0.3) is 0 Å². The SMILES string of the molecule is C=CCOCC(=C)C(=O)OCC(=O)OC1(CC2CCOCC2)CCCCC1. The molecule has 6 heteroatoms. The minimum Gasteiger partial charge on any atom is -0.457 e. The van der Waals surface area contributed by atoms with Crippen molar-refractivity contribution in [3.8, 4) is 0 Å². The summed E-state index contributed by atoms with van der Waals surface area (Å²) in [5.74, 6) is -0.607. The van der Waals surface area contributed by atoms with Gasteiger partial charge in [-0.2, -0.15) is 0 Å². The molecule has 0 atom stereocenters. The van der Waals surface area contributed by atoms with Crippen molar-refractivity contribution >= 4 is 11.9 Å². The van der Waals surface area contributed by atoms with Crippen molar-refractivity contribution in [3.63, 3.8) is 0 Å². The van der Waals surface area contributed by atoms with Crippen LogP contribution >= 0.6 is 0 Å². The van der Waals surface area contributed by atoms with Crippen molar-refractivity contribution in [1.29, 1.82) is 0 Å². The monoisotopic (exact) mass is 380 g/mol. The predicted molar refractivity (Wildman–Crippen MR) is 101 cm³/mol. The summed E-state index contributed by atoms with van der Waals surface area (Å²) in [4.78, 5) is 24.2. The molecule has 152 valence electrons. The summed E-state index contributed by atoms with van der Waals surface area (Å²) in [6, 6.07) is 0. The molecule has 27 heavy (non-hydrogen) atoms. The van der Waals surface area contributed by atoms with Crippen LogP contribution in [0.5, 0.6) is 0 Å². The van der Waals surface area contributed by atoms with Gasteiger partial charge in [0.2, 0.25) is 0 Å². The molecular weight excluding hydrogens is 348 g/mol. The molecule has 0 N–H and O–H groups in total. The molecule has 0 aromatic carbocycles. The van der Waals surface area contributed by atoms with Crippen LogP contribution in [-0.4, -0.2) is 50.6 Å². The van der Waals surface area contributed by atoms with Gasteiger partial charge in [-0.25, -0.2) is 9.59 Å². The maximum absolute atomic E-state index is 12.3. The summed E-state index contributed by atoms with van der Waals surface area (Å²) < 4.78 is 21.5. The van der Waals surface area contributed by atoms with Crippen LogP contribution < -0.4 is 0 Å². The number of ether oxygens (including phenoxy) is 4. The average Bonchev–Trinajstić information content (AvgIpc) is 2.67. The highest BCUT2D eigenvalue weighted by atomic mass is 16.6.